The first kappa shape index (κ1) is 25.4. The second kappa shape index (κ2) is 11.4. The molecule has 0 bridgehead atoms. The number of carbonyl (C=O) groups excluding carboxylic acids is 1. The summed E-state index contributed by atoms with van der Waals surface area (Å²) < 4.78 is 33.6. The third kappa shape index (κ3) is 5.99. The summed E-state index contributed by atoms with van der Waals surface area (Å²) in [7, 11) is 0. The van der Waals surface area contributed by atoms with Crippen LogP contribution in [0.4, 0.5) is 32.1 Å². The average Bonchev–Trinajstić information content (AvgIpc) is 3.36. The number of alkyl halides is 1. The molecule has 13 heteroatoms. The van der Waals surface area contributed by atoms with E-state index in [0.717, 1.165) is 6.20 Å². The molecule has 5 rings (SSSR count). The first-order chi connectivity index (χ1) is 18.5. The van der Waals surface area contributed by atoms with Crippen LogP contribution in [0.25, 0.3) is 11.3 Å². The van der Waals surface area contributed by atoms with E-state index in [-0.39, 0.29) is 41.8 Å². The minimum atomic E-state index is -0.970. The zero-order valence-corrected chi connectivity index (χ0v) is 20.4. The van der Waals surface area contributed by atoms with E-state index in [9.17, 15) is 18.8 Å². The molecule has 2 saturated heterocycles. The molecule has 1 amide bonds. The van der Waals surface area contributed by atoms with E-state index in [2.05, 4.69) is 36.6 Å². The van der Waals surface area contributed by atoms with Crippen molar-refractivity contribution in [3.63, 3.8) is 0 Å². The summed E-state index contributed by atoms with van der Waals surface area (Å²) in [6.45, 7) is 3.44. The van der Waals surface area contributed by atoms with Gasteiger partial charge in [0, 0.05) is 49.3 Å². The number of amides is 1. The van der Waals surface area contributed by atoms with Crippen LogP contribution in [0.2, 0.25) is 0 Å². The van der Waals surface area contributed by atoms with Gasteiger partial charge in [-0.25, -0.2) is 28.7 Å². The van der Waals surface area contributed by atoms with E-state index in [4.69, 9.17) is 4.74 Å². The molecule has 2 aliphatic rings. The minimum Gasteiger partial charge on any atom is -0.379 e. The van der Waals surface area contributed by atoms with Crippen molar-refractivity contribution in [2.45, 2.75) is 12.6 Å². The Bertz CT molecular complexity index is 1360. The Morgan fingerprint density at radius 2 is 2.03 bits per heavy atom. The molecule has 1 atom stereocenters. The molecule has 2 N–H and O–H groups in total. The molecule has 5 heterocycles. The first-order valence-corrected chi connectivity index (χ1v) is 12.1. The van der Waals surface area contributed by atoms with Gasteiger partial charge in [0.05, 0.1) is 38.1 Å². The van der Waals surface area contributed by atoms with E-state index in [1.807, 2.05) is 4.90 Å². The number of ether oxygens (including phenoxy) is 1. The fourth-order valence-electron chi connectivity index (χ4n) is 4.31. The molecule has 2 aliphatic heterocycles. The Morgan fingerprint density at radius 3 is 2.79 bits per heavy atom. The number of nitrogens with zero attached hydrogens (tertiary/aromatic N) is 7. The van der Waals surface area contributed by atoms with Crippen LogP contribution < -0.4 is 15.5 Å². The van der Waals surface area contributed by atoms with Gasteiger partial charge in [0.1, 0.15) is 29.6 Å². The number of anilines is 4. The Morgan fingerprint density at radius 1 is 1.18 bits per heavy atom. The molecule has 3 aromatic heterocycles. The van der Waals surface area contributed by atoms with Crippen LogP contribution in [-0.2, 0) is 9.53 Å². The van der Waals surface area contributed by atoms with Crippen molar-refractivity contribution in [2.24, 2.45) is 0 Å². The van der Waals surface area contributed by atoms with E-state index in [0.29, 0.717) is 56.6 Å². The molecule has 0 saturated carbocycles. The number of pyridine rings is 2. The molecule has 1 unspecified atom stereocenters. The lowest BCUT2D eigenvalue weighted by atomic mass is 10.1. The number of carbonyl (C=O) groups is 1. The zero-order valence-electron chi connectivity index (χ0n) is 20.4. The Hall–Kier alpha value is -4.28. The van der Waals surface area contributed by atoms with Crippen LogP contribution in [0.5, 0.6) is 0 Å². The number of rotatable bonds is 7. The molecule has 0 aromatic carbocycles. The van der Waals surface area contributed by atoms with Gasteiger partial charge in [0.2, 0.25) is 11.9 Å². The predicted molar refractivity (Wildman–Crippen MR) is 135 cm³/mol. The highest BCUT2D eigenvalue weighted by atomic mass is 19.1. The van der Waals surface area contributed by atoms with Gasteiger partial charge < -0.3 is 20.3 Å². The van der Waals surface area contributed by atoms with Gasteiger partial charge in [0.15, 0.2) is 5.82 Å². The highest BCUT2D eigenvalue weighted by molar-refractivity contribution is 5.91. The normalized spacial score (nSPS) is 17.7. The maximum absolute atomic E-state index is 14.7. The summed E-state index contributed by atoms with van der Waals surface area (Å²) in [4.78, 5) is 32.9. The second-order valence-electron chi connectivity index (χ2n) is 8.92. The molecule has 196 valence electrons. The van der Waals surface area contributed by atoms with Gasteiger partial charge in [-0.2, -0.15) is 5.26 Å². The molecule has 11 nitrogen and oxygen atoms in total. The van der Waals surface area contributed by atoms with Gasteiger partial charge in [-0.3, -0.25) is 9.69 Å². The predicted octanol–water partition coefficient (Wildman–Crippen LogP) is 2.51. The highest BCUT2D eigenvalue weighted by Gasteiger charge is 2.25. The van der Waals surface area contributed by atoms with Crippen molar-refractivity contribution in [1.29, 1.82) is 5.26 Å². The van der Waals surface area contributed by atoms with Crippen molar-refractivity contribution in [1.82, 2.24) is 24.8 Å². The highest BCUT2D eigenvalue weighted by Crippen LogP contribution is 2.29. The smallest absolute Gasteiger partial charge is 0.239 e. The summed E-state index contributed by atoms with van der Waals surface area (Å²) in [6.07, 6.45) is 3.34. The van der Waals surface area contributed by atoms with Crippen molar-refractivity contribution in [3.05, 3.63) is 48.2 Å². The topological polar surface area (TPSA) is 132 Å². The molecule has 0 spiro atoms. The second-order valence-corrected chi connectivity index (χ2v) is 8.92. The quantitative estimate of drug-likeness (QED) is 0.478. The molecular formula is C25H25F2N9O2. The van der Waals surface area contributed by atoms with Crippen LogP contribution in [0.1, 0.15) is 12.0 Å². The fourth-order valence-corrected chi connectivity index (χ4v) is 4.31. The van der Waals surface area contributed by atoms with Crippen molar-refractivity contribution in [2.75, 3.05) is 61.5 Å². The summed E-state index contributed by atoms with van der Waals surface area (Å²) >= 11 is 0. The zero-order chi connectivity index (χ0) is 26.5. The average molecular weight is 522 g/mol. The minimum absolute atomic E-state index is 0.0454. The van der Waals surface area contributed by atoms with Gasteiger partial charge in [-0.15, -0.1) is 0 Å². The maximum Gasteiger partial charge on any atom is 0.239 e. The Labute approximate surface area is 217 Å². The fraction of sp³-hybridized carbons (Fsp3) is 0.360. The van der Waals surface area contributed by atoms with E-state index >= 15 is 0 Å². The standard InChI is InChI=1S/C25H25F2N9O2/c26-18-2-4-36(14-18)24-16(11-28)9-17(12-30-24)23-20(27)13-31-25(34-23)32-19-1-3-29-21(10-19)33-22(37)15-35-5-7-38-8-6-35/h1,3,9-10,12-13,18H,2,4-8,14-15H2,(H2,29,31,32,33,34,37). The molecule has 0 aliphatic carbocycles. The molecule has 3 aromatic rings. The van der Waals surface area contributed by atoms with Crippen molar-refractivity contribution >= 4 is 29.2 Å². The van der Waals surface area contributed by atoms with Gasteiger partial charge in [0.25, 0.3) is 0 Å². The summed E-state index contributed by atoms with van der Waals surface area (Å²) in [5.41, 5.74) is 0.974. The van der Waals surface area contributed by atoms with Crippen LogP contribution in [0, 0.1) is 17.1 Å². The maximum atomic E-state index is 14.7. The number of halogens is 2. The Kier molecular flexibility index (Phi) is 7.62. The lowest BCUT2D eigenvalue weighted by Gasteiger charge is -2.25. The summed E-state index contributed by atoms with van der Waals surface area (Å²) in [6, 6.07) is 6.81. The lowest BCUT2D eigenvalue weighted by Crippen LogP contribution is -2.41. The summed E-state index contributed by atoms with van der Waals surface area (Å²) in [5.74, 6) is -0.0851. The number of nitrogens with one attached hydrogen (secondary N) is 2. The van der Waals surface area contributed by atoms with Crippen LogP contribution >= 0.6 is 0 Å². The third-order valence-electron chi connectivity index (χ3n) is 6.19. The van der Waals surface area contributed by atoms with Gasteiger partial charge in [-0.1, -0.05) is 0 Å². The van der Waals surface area contributed by atoms with Crippen LogP contribution in [-0.4, -0.2) is 82.9 Å². The number of hydrogen-bond acceptors (Lipinski definition) is 10. The van der Waals surface area contributed by atoms with Gasteiger partial charge in [-0.05, 0) is 18.6 Å². The van der Waals surface area contributed by atoms with Crippen LogP contribution in [0.3, 0.4) is 0 Å². The Balaban J connectivity index is 1.30. The SMILES string of the molecule is N#Cc1cc(-c2nc(Nc3ccnc(NC(=O)CN4CCOCC4)c3)ncc2F)cnc1N1CCC(F)C1. The first-order valence-electron chi connectivity index (χ1n) is 12.1. The number of hydrogen-bond donors (Lipinski definition) is 2. The molecule has 38 heavy (non-hydrogen) atoms. The van der Waals surface area contributed by atoms with Crippen molar-refractivity contribution in [3.8, 4) is 17.3 Å². The molecule has 2 fully saturated rings. The van der Waals surface area contributed by atoms with Crippen molar-refractivity contribution < 1.29 is 18.3 Å². The molecular weight excluding hydrogens is 496 g/mol. The number of aromatic nitrogens is 4. The van der Waals surface area contributed by atoms with Crippen LogP contribution in [0.15, 0.2) is 36.8 Å². The van der Waals surface area contributed by atoms with E-state index < -0.39 is 12.0 Å². The van der Waals surface area contributed by atoms with E-state index in [1.54, 1.807) is 17.0 Å². The monoisotopic (exact) mass is 521 g/mol. The number of morpholine rings is 1. The third-order valence-corrected chi connectivity index (χ3v) is 6.19. The van der Waals surface area contributed by atoms with E-state index in [1.165, 1.54) is 18.5 Å². The number of nitriles is 1. The molecule has 0 radical (unpaired) electrons. The lowest BCUT2D eigenvalue weighted by molar-refractivity contribution is -0.118. The summed E-state index contributed by atoms with van der Waals surface area (Å²) in [5, 5.41) is 15.4. The van der Waals surface area contributed by atoms with Gasteiger partial charge >= 0.3 is 0 Å². The largest absolute Gasteiger partial charge is 0.379 e.